The minimum absolute atomic E-state index is 0.00333. The molecule has 0 aromatic carbocycles. The van der Waals surface area contributed by atoms with Crippen LogP contribution in [0.5, 0.6) is 0 Å². The van der Waals surface area contributed by atoms with E-state index in [2.05, 4.69) is 67.8 Å². The Morgan fingerprint density at radius 2 is 0.861 bits per heavy atom. The predicted octanol–water partition coefficient (Wildman–Crippen LogP) is 16.2. The van der Waals surface area contributed by atoms with Crippen molar-refractivity contribution in [3.63, 3.8) is 0 Å². The van der Waals surface area contributed by atoms with Gasteiger partial charge < -0.3 is 45.1 Å². The Morgan fingerprint density at radius 1 is 0.468 bits per heavy atom. The van der Waals surface area contributed by atoms with Crippen LogP contribution in [-0.4, -0.2) is 100 Å². The van der Waals surface area contributed by atoms with Gasteiger partial charge in [-0.3, -0.25) is 9.59 Å². The summed E-state index contributed by atoms with van der Waals surface area (Å²) in [5.41, 5.74) is 0. The fraction of sp³-hybridized carbons (Fsp3) is 0.824. The summed E-state index contributed by atoms with van der Waals surface area (Å²) in [6.07, 6.45) is 65.1. The first-order valence-electron chi connectivity index (χ1n) is 33.1. The van der Waals surface area contributed by atoms with Gasteiger partial charge in [-0.25, -0.2) is 0 Å². The highest BCUT2D eigenvalue weighted by atomic mass is 16.7. The van der Waals surface area contributed by atoms with Crippen LogP contribution in [0.2, 0.25) is 0 Å². The first-order chi connectivity index (χ1) is 38.7. The van der Waals surface area contributed by atoms with Gasteiger partial charge in [0.1, 0.15) is 24.4 Å². The third kappa shape index (κ3) is 46.5. The minimum Gasteiger partial charge on any atom is -0.466 e. The lowest BCUT2D eigenvalue weighted by molar-refractivity contribution is -0.302. The molecule has 1 rings (SSSR count). The van der Waals surface area contributed by atoms with Crippen molar-refractivity contribution < 1.29 is 49.3 Å². The highest BCUT2D eigenvalue weighted by Crippen LogP contribution is 2.23. The summed E-state index contributed by atoms with van der Waals surface area (Å²) in [5.74, 6) is -0.201. The first-order valence-corrected chi connectivity index (χ1v) is 33.1. The van der Waals surface area contributed by atoms with Crippen molar-refractivity contribution in [1.29, 1.82) is 0 Å². The standard InChI is InChI=1S/C68H123NO10/c1-3-5-7-9-11-13-35-40-44-48-52-56-64(73)77-57-53-49-45-41-37-34-32-30-28-26-24-22-20-18-16-15-17-19-21-23-25-27-29-31-33-36-39-43-47-51-55-63(72)69-60(59-78-68-67(76)66(75)65(74)62(58-70)79-68)61(71)54-50-46-42-38-14-12-10-8-6-4-2/h6,8-9,11,14,16,18,38,50,54,60-62,65-68,70-71,74-76H,3-5,7,10,12-13,15,17,19-37,39-49,51-53,55-59H2,1-2H3,(H,69,72)/b8-6+,11-9-,18-16-,38-14+,54-50+. The first kappa shape index (κ1) is 74.4. The number of unbranched alkanes of at least 4 members (excludes halogenated alkanes) is 35. The van der Waals surface area contributed by atoms with Crippen LogP contribution in [0.25, 0.3) is 0 Å². The highest BCUT2D eigenvalue weighted by Gasteiger charge is 2.44. The topological polar surface area (TPSA) is 175 Å². The third-order valence-electron chi connectivity index (χ3n) is 15.3. The van der Waals surface area contributed by atoms with Gasteiger partial charge in [-0.15, -0.1) is 0 Å². The molecule has 1 aliphatic rings. The van der Waals surface area contributed by atoms with Gasteiger partial charge in [0.25, 0.3) is 0 Å². The van der Waals surface area contributed by atoms with Gasteiger partial charge in [0.2, 0.25) is 5.91 Å². The van der Waals surface area contributed by atoms with Crippen molar-refractivity contribution in [1.82, 2.24) is 5.32 Å². The maximum absolute atomic E-state index is 13.0. The van der Waals surface area contributed by atoms with E-state index in [0.717, 1.165) is 70.6 Å². The van der Waals surface area contributed by atoms with Crippen molar-refractivity contribution in [3.05, 3.63) is 60.8 Å². The molecule has 0 aliphatic carbocycles. The van der Waals surface area contributed by atoms with Gasteiger partial charge in [-0.2, -0.15) is 0 Å². The van der Waals surface area contributed by atoms with Gasteiger partial charge in [0.15, 0.2) is 6.29 Å². The molecule has 0 saturated carbocycles. The Balaban J connectivity index is 1.96. The van der Waals surface area contributed by atoms with E-state index in [-0.39, 0.29) is 18.5 Å². The van der Waals surface area contributed by atoms with Crippen LogP contribution in [0.15, 0.2) is 60.8 Å². The molecule has 1 saturated heterocycles. The molecule has 1 aliphatic heterocycles. The lowest BCUT2D eigenvalue weighted by atomic mass is 9.99. The molecule has 1 fully saturated rings. The molecule has 0 bridgehead atoms. The Kier molecular flexibility index (Phi) is 53.8. The van der Waals surface area contributed by atoms with E-state index in [1.54, 1.807) is 6.08 Å². The lowest BCUT2D eigenvalue weighted by Gasteiger charge is -2.40. The quantitative estimate of drug-likeness (QED) is 0.0195. The number of hydrogen-bond acceptors (Lipinski definition) is 10. The van der Waals surface area contributed by atoms with Crippen molar-refractivity contribution in [2.45, 2.75) is 339 Å². The number of hydrogen-bond donors (Lipinski definition) is 6. The molecule has 6 N–H and O–H groups in total. The molecular formula is C68H123NO10. The average molecular weight is 1110 g/mol. The molecule has 79 heavy (non-hydrogen) atoms. The average Bonchev–Trinajstić information content (AvgIpc) is 3.51. The number of rotatable bonds is 57. The number of carbonyl (C=O) groups excluding carboxylic acids is 2. The van der Waals surface area contributed by atoms with Crippen LogP contribution >= 0.6 is 0 Å². The summed E-state index contributed by atoms with van der Waals surface area (Å²) in [4.78, 5) is 25.0. The Morgan fingerprint density at radius 3 is 1.32 bits per heavy atom. The number of carbonyl (C=O) groups is 2. The van der Waals surface area contributed by atoms with E-state index in [1.165, 1.54) is 199 Å². The zero-order valence-electron chi connectivity index (χ0n) is 50.8. The number of aliphatic hydroxyl groups is 5. The molecule has 0 aromatic heterocycles. The number of esters is 1. The van der Waals surface area contributed by atoms with E-state index >= 15 is 0 Å². The Labute approximate surface area is 484 Å². The van der Waals surface area contributed by atoms with Crippen LogP contribution in [0.1, 0.15) is 296 Å². The largest absolute Gasteiger partial charge is 0.466 e. The fourth-order valence-corrected chi connectivity index (χ4v) is 10.1. The summed E-state index contributed by atoms with van der Waals surface area (Å²) in [5, 5.41) is 54.2. The minimum atomic E-state index is -1.58. The maximum Gasteiger partial charge on any atom is 0.305 e. The zero-order valence-corrected chi connectivity index (χ0v) is 50.8. The van der Waals surface area contributed by atoms with Crippen LogP contribution < -0.4 is 5.32 Å². The van der Waals surface area contributed by atoms with E-state index in [0.29, 0.717) is 19.4 Å². The summed E-state index contributed by atoms with van der Waals surface area (Å²) >= 11 is 0. The van der Waals surface area contributed by atoms with Crippen molar-refractivity contribution in [2.24, 2.45) is 0 Å². The summed E-state index contributed by atoms with van der Waals surface area (Å²) < 4.78 is 16.7. The molecule has 1 heterocycles. The van der Waals surface area contributed by atoms with Crippen molar-refractivity contribution in [2.75, 3.05) is 19.8 Å². The molecule has 11 nitrogen and oxygen atoms in total. The van der Waals surface area contributed by atoms with Crippen LogP contribution in [0.4, 0.5) is 0 Å². The normalized spacial score (nSPS) is 18.8. The molecule has 7 atom stereocenters. The van der Waals surface area contributed by atoms with Gasteiger partial charge in [0, 0.05) is 12.8 Å². The smallest absolute Gasteiger partial charge is 0.305 e. The van der Waals surface area contributed by atoms with Crippen LogP contribution in [-0.2, 0) is 23.8 Å². The van der Waals surface area contributed by atoms with Crippen molar-refractivity contribution in [3.8, 4) is 0 Å². The molecule has 7 unspecified atom stereocenters. The summed E-state index contributed by atoms with van der Waals surface area (Å²) in [7, 11) is 0. The summed E-state index contributed by atoms with van der Waals surface area (Å²) in [6, 6.07) is -0.833. The third-order valence-corrected chi connectivity index (χ3v) is 15.3. The van der Waals surface area contributed by atoms with Crippen LogP contribution in [0, 0.1) is 0 Å². The van der Waals surface area contributed by atoms with Gasteiger partial charge in [-0.05, 0) is 96.3 Å². The predicted molar refractivity (Wildman–Crippen MR) is 329 cm³/mol. The Bertz CT molecular complexity index is 1500. The number of ether oxygens (including phenoxy) is 3. The van der Waals surface area contributed by atoms with Crippen LogP contribution in [0.3, 0.4) is 0 Å². The monoisotopic (exact) mass is 1110 g/mol. The highest BCUT2D eigenvalue weighted by molar-refractivity contribution is 5.76. The zero-order chi connectivity index (χ0) is 57.3. The molecule has 1 amide bonds. The number of nitrogens with one attached hydrogen (secondary N) is 1. The van der Waals surface area contributed by atoms with E-state index in [9.17, 15) is 35.1 Å². The maximum atomic E-state index is 13.0. The molecule has 0 radical (unpaired) electrons. The number of amides is 1. The Hall–Kier alpha value is -2.64. The number of aliphatic hydroxyl groups excluding tert-OH is 5. The SMILES string of the molecule is CC/C=C/CC/C=C/CC/C=C/C(O)C(COC1OC(CO)C(O)C(O)C1O)NC(=O)CCCCCCCCCCCCCCCC/C=C\CCCCCCCCCCCCCCOC(=O)CCCCCCC/C=C\CCCC. The molecular weight excluding hydrogens is 991 g/mol. The molecule has 460 valence electrons. The van der Waals surface area contributed by atoms with E-state index in [4.69, 9.17) is 14.2 Å². The summed E-state index contributed by atoms with van der Waals surface area (Å²) in [6.45, 7) is 4.17. The van der Waals surface area contributed by atoms with Gasteiger partial charge in [-0.1, -0.05) is 248 Å². The second-order valence-electron chi connectivity index (χ2n) is 22.8. The van der Waals surface area contributed by atoms with E-state index < -0.39 is 49.5 Å². The number of allylic oxidation sites excluding steroid dienone is 9. The lowest BCUT2D eigenvalue weighted by Crippen LogP contribution is -2.60. The second-order valence-corrected chi connectivity index (χ2v) is 22.8. The fourth-order valence-electron chi connectivity index (χ4n) is 10.1. The molecule has 0 aromatic rings. The van der Waals surface area contributed by atoms with Gasteiger partial charge >= 0.3 is 5.97 Å². The van der Waals surface area contributed by atoms with Crippen molar-refractivity contribution >= 4 is 11.9 Å². The van der Waals surface area contributed by atoms with Gasteiger partial charge in [0.05, 0.1) is 32.0 Å². The molecule has 11 heteroatoms. The second kappa shape index (κ2) is 57.2. The molecule has 0 spiro atoms. The van der Waals surface area contributed by atoms with E-state index in [1.807, 2.05) is 6.08 Å².